The molecule has 0 aliphatic rings. The molecule has 0 unspecified atom stereocenters. The van der Waals surface area contributed by atoms with Crippen LogP contribution in [0.15, 0.2) is 30.3 Å². The van der Waals surface area contributed by atoms with E-state index in [4.69, 9.17) is 21.1 Å². The van der Waals surface area contributed by atoms with E-state index in [9.17, 15) is 9.59 Å². The maximum absolute atomic E-state index is 12.8. The van der Waals surface area contributed by atoms with E-state index in [1.807, 2.05) is 31.2 Å². The van der Waals surface area contributed by atoms with Crippen LogP contribution in [0.5, 0.6) is 0 Å². The summed E-state index contributed by atoms with van der Waals surface area (Å²) in [6.45, 7) is 12.1. The number of nitrogens with zero attached hydrogens (tertiary/aromatic N) is 3. The van der Waals surface area contributed by atoms with Crippen molar-refractivity contribution in [2.75, 3.05) is 4.90 Å². The Balaban J connectivity index is 2.56. The van der Waals surface area contributed by atoms with Gasteiger partial charge in [-0.05, 0) is 54.0 Å². The number of hydrogen-bond acceptors (Lipinski definition) is 6. The molecule has 0 atom stereocenters. The number of hydrogen-bond donors (Lipinski definition) is 0. The summed E-state index contributed by atoms with van der Waals surface area (Å²) in [5, 5.41) is 0.0744. The lowest BCUT2D eigenvalue weighted by Crippen LogP contribution is -2.44. The SMILES string of the molecule is Cc1ccccc1-c1cc(Cl)nc(N(C(=O)OC(C)(C)C)C(=O)OC(C)(C)C)n1. The first-order valence-electron chi connectivity index (χ1n) is 9.13. The number of ether oxygens (including phenoxy) is 2. The molecule has 1 aromatic heterocycles. The second-order valence-corrected chi connectivity index (χ2v) is 8.87. The number of halogens is 1. The standard InChI is InChI=1S/C21H26ClN3O4/c1-13-10-8-9-11-14(13)15-12-16(22)24-17(23-15)25(18(26)28-20(2,3)4)19(27)29-21(5,6)7/h8-12H,1-7H3. The van der Waals surface area contributed by atoms with Crippen molar-refractivity contribution in [2.24, 2.45) is 0 Å². The van der Waals surface area contributed by atoms with Crippen LogP contribution in [-0.4, -0.2) is 33.4 Å². The van der Waals surface area contributed by atoms with Crippen LogP contribution >= 0.6 is 11.6 Å². The van der Waals surface area contributed by atoms with Gasteiger partial charge in [-0.1, -0.05) is 35.9 Å². The second kappa shape index (κ2) is 8.37. The summed E-state index contributed by atoms with van der Waals surface area (Å²) in [5.74, 6) is -0.223. The fourth-order valence-corrected chi connectivity index (χ4v) is 2.54. The highest BCUT2D eigenvalue weighted by molar-refractivity contribution is 6.29. The molecule has 0 fully saturated rings. The molecule has 2 aromatic rings. The molecule has 0 saturated carbocycles. The molecule has 8 heteroatoms. The number of benzene rings is 1. The highest BCUT2D eigenvalue weighted by Gasteiger charge is 2.35. The summed E-state index contributed by atoms with van der Waals surface area (Å²) >= 11 is 6.19. The molecule has 2 rings (SSSR count). The molecular weight excluding hydrogens is 394 g/mol. The van der Waals surface area contributed by atoms with Crippen molar-refractivity contribution in [1.82, 2.24) is 9.97 Å². The third kappa shape index (κ3) is 6.42. The van der Waals surface area contributed by atoms with Crippen LogP contribution in [0.3, 0.4) is 0 Å². The summed E-state index contributed by atoms with van der Waals surface area (Å²) < 4.78 is 10.7. The maximum Gasteiger partial charge on any atom is 0.427 e. The first-order valence-corrected chi connectivity index (χ1v) is 9.51. The number of imide groups is 1. The zero-order chi connectivity index (χ0) is 22.0. The van der Waals surface area contributed by atoms with Crippen molar-refractivity contribution in [1.29, 1.82) is 0 Å². The monoisotopic (exact) mass is 419 g/mol. The summed E-state index contributed by atoms with van der Waals surface area (Å²) in [6.07, 6.45) is -1.91. The van der Waals surface area contributed by atoms with E-state index in [0.717, 1.165) is 11.1 Å². The van der Waals surface area contributed by atoms with Gasteiger partial charge in [0.05, 0.1) is 5.69 Å². The highest BCUT2D eigenvalue weighted by Crippen LogP contribution is 2.27. The van der Waals surface area contributed by atoms with E-state index >= 15 is 0 Å². The molecule has 7 nitrogen and oxygen atoms in total. The smallest absolute Gasteiger partial charge is 0.427 e. The van der Waals surface area contributed by atoms with Crippen LogP contribution in [-0.2, 0) is 9.47 Å². The van der Waals surface area contributed by atoms with Gasteiger partial charge in [-0.15, -0.1) is 4.90 Å². The van der Waals surface area contributed by atoms with Crippen molar-refractivity contribution in [2.45, 2.75) is 59.7 Å². The van der Waals surface area contributed by atoms with Gasteiger partial charge >= 0.3 is 12.2 Å². The largest absolute Gasteiger partial charge is 0.443 e. The van der Waals surface area contributed by atoms with Crippen molar-refractivity contribution < 1.29 is 19.1 Å². The lowest BCUT2D eigenvalue weighted by atomic mass is 10.1. The highest BCUT2D eigenvalue weighted by atomic mass is 35.5. The number of amides is 2. The minimum absolute atomic E-state index is 0.0744. The molecule has 2 amide bonds. The van der Waals surface area contributed by atoms with E-state index in [0.29, 0.717) is 10.6 Å². The van der Waals surface area contributed by atoms with Crippen LogP contribution in [0.2, 0.25) is 5.15 Å². The minimum Gasteiger partial charge on any atom is -0.443 e. The van der Waals surface area contributed by atoms with Gasteiger partial charge in [-0.2, -0.15) is 4.98 Å². The summed E-state index contributed by atoms with van der Waals surface area (Å²) in [5.41, 5.74) is 0.541. The summed E-state index contributed by atoms with van der Waals surface area (Å²) in [6, 6.07) is 9.11. The molecule has 1 aromatic carbocycles. The van der Waals surface area contributed by atoms with E-state index in [1.54, 1.807) is 47.6 Å². The van der Waals surface area contributed by atoms with Crippen molar-refractivity contribution >= 4 is 29.7 Å². The molecule has 29 heavy (non-hydrogen) atoms. The van der Waals surface area contributed by atoms with Crippen LogP contribution in [0.1, 0.15) is 47.1 Å². The van der Waals surface area contributed by atoms with E-state index in [-0.39, 0.29) is 11.1 Å². The average Bonchev–Trinajstić information content (AvgIpc) is 2.51. The van der Waals surface area contributed by atoms with Gasteiger partial charge < -0.3 is 9.47 Å². The molecule has 0 N–H and O–H groups in total. The third-order valence-corrected chi connectivity index (χ3v) is 3.65. The van der Waals surface area contributed by atoms with Gasteiger partial charge in [0.25, 0.3) is 0 Å². The number of rotatable bonds is 2. The van der Waals surface area contributed by atoms with E-state index in [1.165, 1.54) is 0 Å². The van der Waals surface area contributed by atoms with Crippen molar-refractivity contribution in [3.8, 4) is 11.3 Å². The molecule has 0 aliphatic carbocycles. The van der Waals surface area contributed by atoms with Crippen LogP contribution in [0.4, 0.5) is 15.5 Å². The zero-order valence-electron chi connectivity index (χ0n) is 17.7. The second-order valence-electron chi connectivity index (χ2n) is 8.49. The minimum atomic E-state index is -0.954. The number of carbonyl (C=O) groups is 2. The number of aryl methyl sites for hydroxylation is 1. The van der Waals surface area contributed by atoms with Gasteiger partial charge in [0.1, 0.15) is 16.4 Å². The van der Waals surface area contributed by atoms with Gasteiger partial charge in [0.15, 0.2) is 0 Å². The Kier molecular flexibility index (Phi) is 6.53. The third-order valence-electron chi connectivity index (χ3n) is 3.46. The van der Waals surface area contributed by atoms with E-state index < -0.39 is 23.4 Å². The summed E-state index contributed by atoms with van der Waals surface area (Å²) in [7, 11) is 0. The topological polar surface area (TPSA) is 81.6 Å². The number of anilines is 1. The Labute approximate surface area is 176 Å². The average molecular weight is 420 g/mol. The Morgan fingerprint density at radius 1 is 0.931 bits per heavy atom. The Bertz CT molecular complexity index is 889. The van der Waals surface area contributed by atoms with E-state index in [2.05, 4.69) is 9.97 Å². The van der Waals surface area contributed by atoms with Gasteiger partial charge in [-0.3, -0.25) is 0 Å². The molecule has 1 heterocycles. The van der Waals surface area contributed by atoms with Crippen LogP contribution in [0.25, 0.3) is 11.3 Å². The molecule has 0 aliphatic heterocycles. The maximum atomic E-state index is 12.8. The molecule has 156 valence electrons. The molecular formula is C21H26ClN3O4. The lowest BCUT2D eigenvalue weighted by Gasteiger charge is -2.27. The van der Waals surface area contributed by atoms with Crippen molar-refractivity contribution in [3.63, 3.8) is 0 Å². The zero-order valence-corrected chi connectivity index (χ0v) is 18.5. The lowest BCUT2D eigenvalue weighted by molar-refractivity contribution is 0.0427. The number of aromatic nitrogens is 2. The summed E-state index contributed by atoms with van der Waals surface area (Å²) in [4.78, 5) is 34.7. The fraction of sp³-hybridized carbons (Fsp3) is 0.429. The predicted molar refractivity (Wildman–Crippen MR) is 112 cm³/mol. The predicted octanol–water partition coefficient (Wildman–Crippen LogP) is 5.78. The van der Waals surface area contributed by atoms with Crippen LogP contribution in [0, 0.1) is 6.92 Å². The van der Waals surface area contributed by atoms with Gasteiger partial charge in [-0.25, -0.2) is 14.6 Å². The first kappa shape index (κ1) is 22.6. The Morgan fingerprint density at radius 2 is 1.45 bits per heavy atom. The molecule has 0 saturated heterocycles. The van der Waals surface area contributed by atoms with Gasteiger partial charge in [0, 0.05) is 11.6 Å². The normalized spacial score (nSPS) is 11.7. The van der Waals surface area contributed by atoms with Gasteiger partial charge in [0.2, 0.25) is 5.95 Å². The van der Waals surface area contributed by atoms with Crippen molar-refractivity contribution in [3.05, 3.63) is 41.0 Å². The quantitative estimate of drug-likeness (QED) is 0.573. The fourth-order valence-electron chi connectivity index (χ4n) is 2.36. The molecule has 0 bridgehead atoms. The number of carbonyl (C=O) groups excluding carboxylic acids is 2. The molecule has 0 radical (unpaired) electrons. The first-order chi connectivity index (χ1) is 13.3. The Morgan fingerprint density at radius 3 is 1.93 bits per heavy atom. The van der Waals surface area contributed by atoms with Crippen LogP contribution < -0.4 is 4.90 Å². The molecule has 0 spiro atoms. The Hall–Kier alpha value is -2.67.